The number of aromatic nitrogens is 1. The van der Waals surface area contributed by atoms with Crippen molar-refractivity contribution in [1.29, 1.82) is 0 Å². The minimum absolute atomic E-state index is 0.190. The van der Waals surface area contributed by atoms with E-state index in [0.29, 0.717) is 0 Å². The summed E-state index contributed by atoms with van der Waals surface area (Å²) in [6.45, 7) is 4.03. The maximum absolute atomic E-state index is 11.9. The molecule has 1 aromatic heterocycles. The lowest BCUT2D eigenvalue weighted by atomic mass is 10.3. The van der Waals surface area contributed by atoms with Gasteiger partial charge in [-0.2, -0.15) is 0 Å². The fourth-order valence-corrected chi connectivity index (χ4v) is 1.52. The van der Waals surface area contributed by atoms with Gasteiger partial charge in [-0.15, -0.1) is 0 Å². The third-order valence-electron chi connectivity index (χ3n) is 2.39. The van der Waals surface area contributed by atoms with Crippen molar-refractivity contribution >= 4 is 5.91 Å². The smallest absolute Gasteiger partial charge is 0.235 e. The quantitative estimate of drug-likeness (QED) is 0.724. The third-order valence-corrected chi connectivity index (χ3v) is 2.39. The normalized spacial score (nSPS) is 17.1. The van der Waals surface area contributed by atoms with E-state index in [4.69, 9.17) is 0 Å². The standard InChI is InChI=1S/C12H16N2O/c1-9(2)13-11-5-3-4-8-14(11)12(15)10-6-7-10/h3-5,8-10H,6-7H2,1-2H3. The molecule has 1 aromatic rings. The van der Waals surface area contributed by atoms with Crippen LogP contribution in [0, 0.1) is 5.92 Å². The van der Waals surface area contributed by atoms with E-state index in [1.165, 1.54) is 0 Å². The van der Waals surface area contributed by atoms with Gasteiger partial charge in [0.2, 0.25) is 5.91 Å². The van der Waals surface area contributed by atoms with Crippen molar-refractivity contribution in [2.24, 2.45) is 10.9 Å². The SMILES string of the molecule is CC(C)N=c1ccccn1C(=O)C1CC1. The zero-order valence-corrected chi connectivity index (χ0v) is 9.18. The van der Waals surface area contributed by atoms with Gasteiger partial charge in [-0.3, -0.25) is 14.4 Å². The molecule has 15 heavy (non-hydrogen) atoms. The molecule has 1 fully saturated rings. The van der Waals surface area contributed by atoms with Gasteiger partial charge in [-0.25, -0.2) is 0 Å². The number of carbonyl (C=O) groups is 1. The maximum Gasteiger partial charge on any atom is 0.235 e. The second-order valence-corrected chi connectivity index (χ2v) is 4.26. The average Bonchev–Trinajstić information content (AvgIpc) is 3.00. The summed E-state index contributed by atoms with van der Waals surface area (Å²) in [5, 5.41) is 0. The summed E-state index contributed by atoms with van der Waals surface area (Å²) in [6.07, 6.45) is 3.87. The predicted molar refractivity (Wildman–Crippen MR) is 58.5 cm³/mol. The molecule has 0 atom stereocenters. The van der Waals surface area contributed by atoms with E-state index in [9.17, 15) is 4.79 Å². The van der Waals surface area contributed by atoms with Gasteiger partial charge in [0.1, 0.15) is 5.49 Å². The number of hydrogen-bond donors (Lipinski definition) is 0. The summed E-state index contributed by atoms with van der Waals surface area (Å²) in [6, 6.07) is 5.89. The molecule has 80 valence electrons. The average molecular weight is 204 g/mol. The molecule has 0 unspecified atom stereocenters. The first-order valence-electron chi connectivity index (χ1n) is 5.44. The van der Waals surface area contributed by atoms with Crippen molar-refractivity contribution in [3.63, 3.8) is 0 Å². The van der Waals surface area contributed by atoms with Crippen LogP contribution < -0.4 is 5.49 Å². The van der Waals surface area contributed by atoms with Crippen LogP contribution in [-0.4, -0.2) is 16.5 Å². The lowest BCUT2D eigenvalue weighted by Crippen LogP contribution is -2.28. The minimum atomic E-state index is 0.190. The highest BCUT2D eigenvalue weighted by molar-refractivity contribution is 5.83. The second kappa shape index (κ2) is 4.01. The van der Waals surface area contributed by atoms with Gasteiger partial charge in [-0.1, -0.05) is 6.07 Å². The molecule has 0 bridgehead atoms. The molecule has 0 saturated heterocycles. The van der Waals surface area contributed by atoms with Crippen LogP contribution in [0.3, 0.4) is 0 Å². The monoisotopic (exact) mass is 204 g/mol. The lowest BCUT2D eigenvalue weighted by Gasteiger charge is -2.05. The summed E-state index contributed by atoms with van der Waals surface area (Å²) in [4.78, 5) is 16.3. The highest BCUT2D eigenvalue weighted by atomic mass is 16.2. The van der Waals surface area contributed by atoms with E-state index < -0.39 is 0 Å². The van der Waals surface area contributed by atoms with Crippen LogP contribution >= 0.6 is 0 Å². The van der Waals surface area contributed by atoms with E-state index in [-0.39, 0.29) is 17.9 Å². The molecule has 1 aliphatic rings. The zero-order chi connectivity index (χ0) is 10.8. The first-order valence-corrected chi connectivity index (χ1v) is 5.44. The van der Waals surface area contributed by atoms with Crippen LogP contribution in [0.4, 0.5) is 0 Å². The molecular formula is C12H16N2O. The Labute approximate surface area is 89.5 Å². The Balaban J connectivity index is 2.41. The van der Waals surface area contributed by atoms with Gasteiger partial charge in [0.05, 0.1) is 0 Å². The number of pyridine rings is 1. The molecular weight excluding hydrogens is 188 g/mol. The Kier molecular flexibility index (Phi) is 2.71. The van der Waals surface area contributed by atoms with Crippen LogP contribution in [0.5, 0.6) is 0 Å². The molecule has 0 aromatic carbocycles. The van der Waals surface area contributed by atoms with Crippen LogP contribution in [0.15, 0.2) is 29.4 Å². The van der Waals surface area contributed by atoms with Gasteiger partial charge in [-0.05, 0) is 38.8 Å². The molecule has 3 nitrogen and oxygen atoms in total. The molecule has 1 aliphatic carbocycles. The number of hydrogen-bond acceptors (Lipinski definition) is 2. The fraction of sp³-hybridized carbons (Fsp3) is 0.500. The summed E-state index contributed by atoms with van der Waals surface area (Å²) in [7, 11) is 0. The molecule has 0 amide bonds. The Morgan fingerprint density at radius 2 is 2.20 bits per heavy atom. The molecule has 2 rings (SSSR count). The lowest BCUT2D eigenvalue weighted by molar-refractivity contribution is 0.0880. The first kappa shape index (κ1) is 10.1. The third kappa shape index (κ3) is 2.35. The van der Waals surface area contributed by atoms with Gasteiger partial charge in [0.25, 0.3) is 0 Å². The first-order chi connectivity index (χ1) is 7.18. The van der Waals surface area contributed by atoms with Gasteiger partial charge in [0, 0.05) is 18.2 Å². The van der Waals surface area contributed by atoms with E-state index in [0.717, 1.165) is 18.3 Å². The van der Waals surface area contributed by atoms with E-state index in [1.54, 1.807) is 4.57 Å². The largest absolute Gasteiger partial charge is 0.274 e. The molecule has 0 N–H and O–H groups in total. The second-order valence-electron chi connectivity index (χ2n) is 4.26. The summed E-state index contributed by atoms with van der Waals surface area (Å²) in [5.41, 5.74) is 0.768. The number of carbonyl (C=O) groups excluding carboxylic acids is 1. The summed E-state index contributed by atoms with van der Waals surface area (Å²) in [5.74, 6) is 0.425. The van der Waals surface area contributed by atoms with Crippen molar-refractivity contribution in [1.82, 2.24) is 4.57 Å². The van der Waals surface area contributed by atoms with Crippen molar-refractivity contribution in [3.05, 3.63) is 29.9 Å². The summed E-state index contributed by atoms with van der Waals surface area (Å²) < 4.78 is 1.68. The van der Waals surface area contributed by atoms with E-state index in [1.807, 2.05) is 38.2 Å². The Morgan fingerprint density at radius 1 is 1.47 bits per heavy atom. The maximum atomic E-state index is 11.9. The Bertz CT molecular complexity index is 427. The van der Waals surface area contributed by atoms with Crippen LogP contribution in [-0.2, 0) is 0 Å². The molecule has 0 radical (unpaired) electrons. The number of rotatable bonds is 2. The highest BCUT2D eigenvalue weighted by Crippen LogP contribution is 2.29. The topological polar surface area (TPSA) is 34.4 Å². The Hall–Kier alpha value is -1.38. The highest BCUT2D eigenvalue weighted by Gasteiger charge is 2.30. The van der Waals surface area contributed by atoms with Crippen molar-refractivity contribution in [3.8, 4) is 0 Å². The molecule has 0 aliphatic heterocycles. The van der Waals surface area contributed by atoms with Crippen molar-refractivity contribution in [2.75, 3.05) is 0 Å². The van der Waals surface area contributed by atoms with Crippen LogP contribution in [0.2, 0.25) is 0 Å². The zero-order valence-electron chi connectivity index (χ0n) is 9.18. The number of nitrogens with zero attached hydrogens (tertiary/aromatic N) is 2. The van der Waals surface area contributed by atoms with Crippen LogP contribution in [0.1, 0.15) is 31.5 Å². The predicted octanol–water partition coefficient (Wildman–Crippen LogP) is 1.85. The van der Waals surface area contributed by atoms with E-state index in [2.05, 4.69) is 4.99 Å². The van der Waals surface area contributed by atoms with Crippen LogP contribution in [0.25, 0.3) is 0 Å². The van der Waals surface area contributed by atoms with Gasteiger partial charge < -0.3 is 0 Å². The Morgan fingerprint density at radius 3 is 2.80 bits per heavy atom. The van der Waals surface area contributed by atoms with E-state index >= 15 is 0 Å². The molecule has 0 spiro atoms. The van der Waals surface area contributed by atoms with Crippen molar-refractivity contribution < 1.29 is 4.79 Å². The fourth-order valence-electron chi connectivity index (χ4n) is 1.52. The molecule has 1 heterocycles. The summed E-state index contributed by atoms with van der Waals surface area (Å²) >= 11 is 0. The molecule has 3 heteroatoms. The van der Waals surface area contributed by atoms with Gasteiger partial charge in [0.15, 0.2) is 0 Å². The minimum Gasteiger partial charge on any atom is -0.274 e. The van der Waals surface area contributed by atoms with Crippen molar-refractivity contribution in [2.45, 2.75) is 32.7 Å². The van der Waals surface area contributed by atoms with Gasteiger partial charge >= 0.3 is 0 Å². The molecule has 1 saturated carbocycles.